The summed E-state index contributed by atoms with van der Waals surface area (Å²) in [4.78, 5) is 5.46. The molecule has 2 heterocycles. The van der Waals surface area contributed by atoms with Crippen molar-refractivity contribution in [3.63, 3.8) is 0 Å². The van der Waals surface area contributed by atoms with Gasteiger partial charge in [0.25, 0.3) is 0 Å². The largest absolute Gasteiger partial charge is 0.295 e. The molecular formula is C18H31N3. The monoisotopic (exact) mass is 289 g/mol. The summed E-state index contributed by atoms with van der Waals surface area (Å²) in [6.45, 7) is 10.7. The molecule has 21 heavy (non-hydrogen) atoms. The van der Waals surface area contributed by atoms with Gasteiger partial charge >= 0.3 is 0 Å². The Morgan fingerprint density at radius 2 is 1.62 bits per heavy atom. The van der Waals surface area contributed by atoms with Crippen LogP contribution in [-0.4, -0.2) is 47.1 Å². The highest BCUT2D eigenvalue weighted by Gasteiger charge is 2.43. The number of likely N-dealkylation sites (tertiary alicyclic amines) is 1. The van der Waals surface area contributed by atoms with Crippen molar-refractivity contribution in [2.75, 3.05) is 19.6 Å². The third-order valence-corrected chi connectivity index (χ3v) is 6.10. The first-order valence-electron chi connectivity index (χ1n) is 8.89. The molecule has 3 nitrogen and oxygen atoms in total. The zero-order chi connectivity index (χ0) is 15.0. The molecule has 0 amide bonds. The first-order chi connectivity index (χ1) is 9.99. The fourth-order valence-electron chi connectivity index (χ4n) is 4.70. The maximum absolute atomic E-state index is 9.41. The maximum atomic E-state index is 9.41. The fourth-order valence-corrected chi connectivity index (χ4v) is 4.70. The summed E-state index contributed by atoms with van der Waals surface area (Å²) in [5.74, 6) is 0.951. The molecule has 0 N–H and O–H groups in total. The lowest BCUT2D eigenvalue weighted by Crippen LogP contribution is -2.59. The average molecular weight is 289 g/mol. The van der Waals surface area contributed by atoms with Gasteiger partial charge < -0.3 is 0 Å². The van der Waals surface area contributed by atoms with Crippen LogP contribution in [-0.2, 0) is 0 Å². The molecule has 0 radical (unpaired) electrons. The second-order valence-corrected chi connectivity index (χ2v) is 8.44. The molecule has 1 aliphatic carbocycles. The van der Waals surface area contributed by atoms with Crippen molar-refractivity contribution in [3.8, 4) is 6.07 Å². The van der Waals surface area contributed by atoms with Gasteiger partial charge in [0.1, 0.15) is 0 Å². The quantitative estimate of drug-likeness (QED) is 0.781. The zero-order valence-electron chi connectivity index (χ0n) is 14.0. The highest BCUT2D eigenvalue weighted by molar-refractivity contribution is 5.01. The molecule has 3 aliphatic rings. The predicted molar refractivity (Wildman–Crippen MR) is 85.9 cm³/mol. The van der Waals surface area contributed by atoms with E-state index < -0.39 is 0 Å². The summed E-state index contributed by atoms with van der Waals surface area (Å²) in [6, 6.07) is 4.07. The van der Waals surface area contributed by atoms with Gasteiger partial charge in [-0.1, -0.05) is 12.8 Å². The molecular weight excluding hydrogens is 258 g/mol. The van der Waals surface area contributed by atoms with Crippen molar-refractivity contribution in [2.24, 2.45) is 11.8 Å². The van der Waals surface area contributed by atoms with E-state index in [0.29, 0.717) is 17.4 Å². The van der Waals surface area contributed by atoms with Crippen LogP contribution in [0.25, 0.3) is 0 Å². The Morgan fingerprint density at radius 3 is 2.19 bits per heavy atom. The van der Waals surface area contributed by atoms with Crippen molar-refractivity contribution in [1.82, 2.24) is 9.80 Å². The van der Waals surface area contributed by atoms with Gasteiger partial charge in [-0.25, -0.2) is 0 Å². The second-order valence-electron chi connectivity index (χ2n) is 8.44. The minimum Gasteiger partial charge on any atom is -0.295 e. The van der Waals surface area contributed by atoms with Crippen LogP contribution in [0.2, 0.25) is 0 Å². The third kappa shape index (κ3) is 3.12. The number of nitriles is 1. The van der Waals surface area contributed by atoms with Crippen molar-refractivity contribution < 1.29 is 0 Å². The Balaban J connectivity index is 1.64. The number of hydrogen-bond donors (Lipinski definition) is 0. The molecule has 2 saturated heterocycles. The van der Waals surface area contributed by atoms with E-state index in [0.717, 1.165) is 18.5 Å². The van der Waals surface area contributed by atoms with Crippen LogP contribution >= 0.6 is 0 Å². The van der Waals surface area contributed by atoms with Gasteiger partial charge in [0, 0.05) is 37.3 Å². The number of nitrogens with zero attached hydrogens (tertiary/aromatic N) is 3. The summed E-state index contributed by atoms with van der Waals surface area (Å²) in [7, 11) is 0. The number of piperazine rings is 1. The highest BCUT2D eigenvalue weighted by atomic mass is 15.3. The number of hydrogen-bond acceptors (Lipinski definition) is 3. The zero-order valence-corrected chi connectivity index (χ0v) is 14.0. The minimum atomic E-state index is 0.299. The van der Waals surface area contributed by atoms with Crippen molar-refractivity contribution in [2.45, 2.75) is 76.9 Å². The smallest absolute Gasteiger partial charge is 0.0659 e. The lowest BCUT2D eigenvalue weighted by Gasteiger charge is -2.48. The van der Waals surface area contributed by atoms with Gasteiger partial charge in [0.15, 0.2) is 0 Å². The Kier molecular flexibility index (Phi) is 4.30. The van der Waals surface area contributed by atoms with E-state index in [1.165, 1.54) is 51.7 Å². The molecule has 3 heteroatoms. The van der Waals surface area contributed by atoms with Gasteiger partial charge in [-0.3, -0.25) is 9.80 Å². The van der Waals surface area contributed by atoms with Crippen molar-refractivity contribution >= 4 is 0 Å². The highest BCUT2D eigenvalue weighted by Crippen LogP contribution is 2.37. The number of rotatable bonds is 2. The van der Waals surface area contributed by atoms with Crippen LogP contribution in [0.3, 0.4) is 0 Å². The van der Waals surface area contributed by atoms with Gasteiger partial charge in [-0.2, -0.15) is 5.26 Å². The average Bonchev–Trinajstić information content (AvgIpc) is 2.69. The Hall–Kier alpha value is -0.590. The summed E-state index contributed by atoms with van der Waals surface area (Å²) in [5.41, 5.74) is 0.299. The summed E-state index contributed by atoms with van der Waals surface area (Å²) >= 11 is 0. The third-order valence-electron chi connectivity index (χ3n) is 6.10. The first-order valence-corrected chi connectivity index (χ1v) is 8.89. The van der Waals surface area contributed by atoms with E-state index in [4.69, 9.17) is 0 Å². The molecule has 0 spiro atoms. The van der Waals surface area contributed by atoms with Crippen LogP contribution in [0.4, 0.5) is 0 Å². The first kappa shape index (κ1) is 15.3. The predicted octanol–water partition coefficient (Wildman–Crippen LogP) is 3.26. The van der Waals surface area contributed by atoms with Gasteiger partial charge in [0.2, 0.25) is 0 Å². The molecule has 118 valence electrons. The van der Waals surface area contributed by atoms with Crippen LogP contribution in [0.1, 0.15) is 59.3 Å². The van der Waals surface area contributed by atoms with Gasteiger partial charge in [-0.15, -0.1) is 0 Å². The molecule has 2 bridgehead atoms. The Bertz CT molecular complexity index is 392. The maximum Gasteiger partial charge on any atom is 0.0659 e. The fraction of sp³-hybridized carbons (Fsp3) is 0.944. The molecule has 4 atom stereocenters. The Morgan fingerprint density at radius 1 is 1.00 bits per heavy atom. The van der Waals surface area contributed by atoms with Gasteiger partial charge in [0.05, 0.1) is 12.0 Å². The lowest BCUT2D eigenvalue weighted by molar-refractivity contribution is 0.00246. The molecule has 4 unspecified atom stereocenters. The molecule has 0 aromatic heterocycles. The van der Waals surface area contributed by atoms with Crippen LogP contribution in [0, 0.1) is 23.2 Å². The SMILES string of the molecule is CC(C)(C)N1CC2CCC(C1)N2CC1CCCCC1C#N. The molecule has 3 fully saturated rings. The molecule has 2 aliphatic heterocycles. The molecule has 0 aromatic rings. The van der Waals surface area contributed by atoms with E-state index >= 15 is 0 Å². The standard InChI is InChI=1S/C18H31N3/c1-18(2,3)20-12-16-8-9-17(13-20)21(16)11-15-7-5-4-6-14(15)10-19/h14-17H,4-9,11-13H2,1-3H3. The summed E-state index contributed by atoms with van der Waals surface area (Å²) in [5, 5.41) is 9.41. The van der Waals surface area contributed by atoms with E-state index in [1.807, 2.05) is 0 Å². The second kappa shape index (κ2) is 5.89. The van der Waals surface area contributed by atoms with E-state index in [9.17, 15) is 5.26 Å². The Labute approximate surface area is 130 Å². The topological polar surface area (TPSA) is 30.3 Å². The van der Waals surface area contributed by atoms with Crippen molar-refractivity contribution in [1.29, 1.82) is 5.26 Å². The van der Waals surface area contributed by atoms with Crippen LogP contribution < -0.4 is 0 Å². The van der Waals surface area contributed by atoms with Crippen LogP contribution in [0.5, 0.6) is 0 Å². The van der Waals surface area contributed by atoms with E-state index in [1.54, 1.807) is 0 Å². The molecule has 0 aromatic carbocycles. The minimum absolute atomic E-state index is 0.299. The normalized spacial score (nSPS) is 38.4. The number of fused-ring (bicyclic) bond motifs is 2. The lowest BCUT2D eigenvalue weighted by atomic mass is 9.79. The summed E-state index contributed by atoms with van der Waals surface area (Å²) in [6.07, 6.45) is 7.73. The van der Waals surface area contributed by atoms with Crippen LogP contribution in [0.15, 0.2) is 0 Å². The van der Waals surface area contributed by atoms with Crippen molar-refractivity contribution in [3.05, 3.63) is 0 Å². The molecule has 3 rings (SSSR count). The van der Waals surface area contributed by atoms with Gasteiger partial charge in [-0.05, 0) is 52.4 Å². The summed E-state index contributed by atoms with van der Waals surface area (Å²) < 4.78 is 0. The van der Waals surface area contributed by atoms with E-state index in [2.05, 4.69) is 36.6 Å². The molecule has 1 saturated carbocycles. The van der Waals surface area contributed by atoms with E-state index in [-0.39, 0.29) is 0 Å².